The van der Waals surface area contributed by atoms with Crippen LogP contribution in [-0.2, 0) is 0 Å². The minimum atomic E-state index is -0.402. The zero-order valence-corrected chi connectivity index (χ0v) is 12.9. The van der Waals surface area contributed by atoms with E-state index in [-0.39, 0.29) is 5.69 Å². The van der Waals surface area contributed by atoms with Crippen molar-refractivity contribution in [2.45, 2.75) is 0 Å². The monoisotopic (exact) mass is 325 g/mol. The summed E-state index contributed by atoms with van der Waals surface area (Å²) in [5, 5.41) is 10.9. The van der Waals surface area contributed by atoms with Crippen LogP contribution in [0.3, 0.4) is 0 Å². The van der Waals surface area contributed by atoms with Gasteiger partial charge in [0.05, 0.1) is 22.4 Å². The van der Waals surface area contributed by atoms with Crippen molar-refractivity contribution >= 4 is 32.2 Å². The number of hydrogen-bond acceptors (Lipinski definition) is 5. The number of nitrogens with zero attached hydrogens (tertiary/aromatic N) is 3. The molecule has 0 spiro atoms. The van der Waals surface area contributed by atoms with Crippen LogP contribution in [0.1, 0.15) is 0 Å². The molecule has 0 bridgehead atoms. The van der Waals surface area contributed by atoms with Crippen LogP contribution in [0.2, 0.25) is 0 Å². The number of nitro groups is 1. The predicted octanol–water partition coefficient (Wildman–Crippen LogP) is 4.13. The van der Waals surface area contributed by atoms with Gasteiger partial charge in [0.25, 0.3) is 5.69 Å². The van der Waals surface area contributed by atoms with Crippen LogP contribution in [-0.4, -0.2) is 21.4 Å². The first kappa shape index (κ1) is 13.7. The van der Waals surface area contributed by atoms with E-state index in [9.17, 15) is 10.1 Å². The Morgan fingerprint density at radius 1 is 1.26 bits per heavy atom. The molecule has 2 aromatic heterocycles. The van der Waals surface area contributed by atoms with Gasteiger partial charge in [-0.3, -0.25) is 14.5 Å². The summed E-state index contributed by atoms with van der Waals surface area (Å²) in [6, 6.07) is 12.4. The minimum Gasteiger partial charge on any atom is -0.495 e. The van der Waals surface area contributed by atoms with Crippen molar-refractivity contribution in [1.82, 2.24) is 9.38 Å². The normalized spacial score (nSPS) is 11.2. The Balaban J connectivity index is 1.93. The first-order valence-electron chi connectivity index (χ1n) is 6.87. The quantitative estimate of drug-likeness (QED) is 0.419. The molecule has 0 saturated carbocycles. The van der Waals surface area contributed by atoms with Gasteiger partial charge in [0, 0.05) is 23.9 Å². The number of rotatable bonds is 3. The Hall–Kier alpha value is -2.93. The number of hydrogen-bond donors (Lipinski definition) is 0. The molecule has 6 nitrogen and oxygen atoms in total. The SMILES string of the molecule is COc1cccc2sc3nc(-c4cccc([N+](=O)[O-])c4)cn3c12. The number of fused-ring (bicyclic) bond motifs is 3. The second-order valence-electron chi connectivity index (χ2n) is 5.00. The average molecular weight is 325 g/mol. The van der Waals surface area contributed by atoms with Gasteiger partial charge in [-0.05, 0) is 12.1 Å². The molecule has 4 aromatic rings. The van der Waals surface area contributed by atoms with Crippen molar-refractivity contribution < 1.29 is 9.66 Å². The number of methoxy groups -OCH3 is 1. The fourth-order valence-electron chi connectivity index (χ4n) is 2.60. The summed E-state index contributed by atoms with van der Waals surface area (Å²) in [4.78, 5) is 16.0. The number of non-ortho nitro benzene ring substituents is 1. The number of benzene rings is 2. The summed E-state index contributed by atoms with van der Waals surface area (Å²) in [6.07, 6.45) is 1.88. The first-order valence-corrected chi connectivity index (χ1v) is 7.68. The largest absolute Gasteiger partial charge is 0.495 e. The lowest BCUT2D eigenvalue weighted by molar-refractivity contribution is -0.384. The Morgan fingerprint density at radius 3 is 2.87 bits per heavy atom. The Bertz CT molecular complexity index is 1050. The molecule has 0 aliphatic carbocycles. The standard InChI is InChI=1S/C16H11N3O3S/c1-22-13-6-3-7-14-15(13)18-9-12(17-16(18)23-14)10-4-2-5-11(8-10)19(20)21/h2-9H,1H3. The smallest absolute Gasteiger partial charge is 0.270 e. The maximum Gasteiger partial charge on any atom is 0.270 e. The zero-order chi connectivity index (χ0) is 16.0. The molecule has 4 rings (SSSR count). The van der Waals surface area contributed by atoms with Crippen LogP contribution in [0.25, 0.3) is 26.4 Å². The summed E-state index contributed by atoms with van der Waals surface area (Å²) < 4.78 is 8.47. The molecule has 0 radical (unpaired) electrons. The number of thiazole rings is 1. The van der Waals surface area contributed by atoms with E-state index in [2.05, 4.69) is 4.98 Å². The third-order valence-electron chi connectivity index (χ3n) is 3.65. The summed E-state index contributed by atoms with van der Waals surface area (Å²) >= 11 is 1.56. The van der Waals surface area contributed by atoms with E-state index in [1.807, 2.05) is 34.9 Å². The van der Waals surface area contributed by atoms with Gasteiger partial charge in [-0.2, -0.15) is 0 Å². The summed E-state index contributed by atoms with van der Waals surface area (Å²) in [5.74, 6) is 0.775. The third-order valence-corrected chi connectivity index (χ3v) is 4.67. The summed E-state index contributed by atoms with van der Waals surface area (Å²) in [5.41, 5.74) is 2.44. The number of nitro benzene ring substituents is 1. The predicted molar refractivity (Wildman–Crippen MR) is 89.2 cm³/mol. The van der Waals surface area contributed by atoms with Crippen molar-refractivity contribution in [2.24, 2.45) is 0 Å². The highest BCUT2D eigenvalue weighted by Gasteiger charge is 2.15. The van der Waals surface area contributed by atoms with E-state index in [0.29, 0.717) is 5.69 Å². The third kappa shape index (κ3) is 2.13. The maximum absolute atomic E-state index is 10.9. The molecule has 0 saturated heterocycles. The van der Waals surface area contributed by atoms with Crippen molar-refractivity contribution in [3.8, 4) is 17.0 Å². The summed E-state index contributed by atoms with van der Waals surface area (Å²) in [7, 11) is 1.64. The number of aromatic nitrogens is 2. The van der Waals surface area contributed by atoms with Crippen molar-refractivity contribution in [3.63, 3.8) is 0 Å². The topological polar surface area (TPSA) is 69.7 Å². The van der Waals surface area contributed by atoms with Gasteiger partial charge >= 0.3 is 0 Å². The van der Waals surface area contributed by atoms with Gasteiger partial charge in [0.1, 0.15) is 11.3 Å². The molecule has 2 aromatic carbocycles. The van der Waals surface area contributed by atoms with Crippen LogP contribution < -0.4 is 4.74 Å². The van der Waals surface area contributed by atoms with Gasteiger partial charge in [-0.1, -0.05) is 29.5 Å². The molecule has 0 atom stereocenters. The summed E-state index contributed by atoms with van der Waals surface area (Å²) in [6.45, 7) is 0. The molecule has 0 aliphatic rings. The first-order chi connectivity index (χ1) is 11.2. The van der Waals surface area contributed by atoms with Crippen LogP contribution >= 0.6 is 11.3 Å². The van der Waals surface area contributed by atoms with E-state index in [1.165, 1.54) is 12.1 Å². The Kier molecular flexibility index (Phi) is 3.02. The molecule has 7 heteroatoms. The van der Waals surface area contributed by atoms with E-state index in [4.69, 9.17) is 4.74 Å². The van der Waals surface area contributed by atoms with Crippen LogP contribution in [0, 0.1) is 10.1 Å². The fourth-order valence-corrected chi connectivity index (χ4v) is 3.62. The van der Waals surface area contributed by atoms with E-state index < -0.39 is 4.92 Å². The minimum absolute atomic E-state index is 0.0568. The molecule has 23 heavy (non-hydrogen) atoms. The van der Waals surface area contributed by atoms with E-state index in [1.54, 1.807) is 24.5 Å². The lowest BCUT2D eigenvalue weighted by Crippen LogP contribution is -1.88. The molecule has 114 valence electrons. The van der Waals surface area contributed by atoms with E-state index >= 15 is 0 Å². The van der Waals surface area contributed by atoms with Gasteiger partial charge in [-0.25, -0.2) is 4.98 Å². The van der Waals surface area contributed by atoms with Crippen LogP contribution in [0.4, 0.5) is 5.69 Å². The fraction of sp³-hybridized carbons (Fsp3) is 0.0625. The van der Waals surface area contributed by atoms with Gasteiger partial charge in [0.2, 0.25) is 0 Å². The molecule has 2 heterocycles. The van der Waals surface area contributed by atoms with Crippen molar-refractivity contribution in [2.75, 3.05) is 7.11 Å². The molecule has 0 N–H and O–H groups in total. The number of imidazole rings is 1. The molecule has 0 fully saturated rings. The van der Waals surface area contributed by atoms with Gasteiger partial charge in [0.15, 0.2) is 4.96 Å². The molecule has 0 unspecified atom stereocenters. The highest BCUT2D eigenvalue weighted by atomic mass is 32.1. The number of para-hydroxylation sites is 1. The lowest BCUT2D eigenvalue weighted by Gasteiger charge is -2.01. The lowest BCUT2D eigenvalue weighted by atomic mass is 10.1. The molecular formula is C16H11N3O3S. The molecule has 0 aliphatic heterocycles. The van der Waals surface area contributed by atoms with Gasteiger partial charge < -0.3 is 4.74 Å². The Morgan fingerprint density at radius 2 is 2.09 bits per heavy atom. The Labute approximate surface area is 134 Å². The zero-order valence-electron chi connectivity index (χ0n) is 12.1. The highest BCUT2D eigenvalue weighted by molar-refractivity contribution is 7.23. The number of ether oxygens (including phenoxy) is 1. The highest BCUT2D eigenvalue weighted by Crippen LogP contribution is 2.34. The molecule has 0 amide bonds. The van der Waals surface area contributed by atoms with Gasteiger partial charge in [-0.15, -0.1) is 0 Å². The maximum atomic E-state index is 10.9. The van der Waals surface area contributed by atoms with Crippen LogP contribution in [0.15, 0.2) is 48.7 Å². The van der Waals surface area contributed by atoms with E-state index in [0.717, 1.165) is 26.5 Å². The van der Waals surface area contributed by atoms with Crippen molar-refractivity contribution in [1.29, 1.82) is 0 Å². The van der Waals surface area contributed by atoms with Crippen molar-refractivity contribution in [3.05, 3.63) is 58.8 Å². The van der Waals surface area contributed by atoms with Crippen LogP contribution in [0.5, 0.6) is 5.75 Å². The second-order valence-corrected chi connectivity index (χ2v) is 6.00. The second kappa shape index (κ2) is 5.06. The molecular weight excluding hydrogens is 314 g/mol. The average Bonchev–Trinajstić information content (AvgIpc) is 3.12.